The van der Waals surface area contributed by atoms with Gasteiger partial charge in [0.15, 0.2) is 0 Å². The number of aryl methyl sites for hydroxylation is 1. The lowest BCUT2D eigenvalue weighted by Gasteiger charge is -2.22. The molecule has 27 heavy (non-hydrogen) atoms. The zero-order valence-electron chi connectivity index (χ0n) is 15.5. The third-order valence-corrected chi connectivity index (χ3v) is 5.80. The number of carbonyl (C=O) groups is 2. The van der Waals surface area contributed by atoms with E-state index in [0.29, 0.717) is 18.9 Å². The lowest BCUT2D eigenvalue weighted by atomic mass is 9.96. The molecule has 0 spiro atoms. The monoisotopic (exact) mass is 387 g/mol. The maximum absolute atomic E-state index is 12.1. The van der Waals surface area contributed by atoms with Gasteiger partial charge in [-0.25, -0.2) is 9.78 Å². The Balaban J connectivity index is 1.53. The number of ether oxygens (including phenoxy) is 1. The van der Waals surface area contributed by atoms with Crippen LogP contribution in [0, 0.1) is 0 Å². The Morgan fingerprint density at radius 2 is 1.93 bits per heavy atom. The standard InChI is InChI=1S/C20H25N3O3S/c1-26-19(24)12-11-18-21-13-17(27-18)14-7-9-16(10-8-14)23-20(25)22-15-5-3-2-4-6-15/h7-10,13,15H,2-6,11-12H2,1H3,(H2,22,23,25). The highest BCUT2D eigenvalue weighted by Gasteiger charge is 2.15. The van der Waals surface area contributed by atoms with Gasteiger partial charge in [-0.2, -0.15) is 0 Å². The van der Waals surface area contributed by atoms with E-state index >= 15 is 0 Å². The number of nitrogens with zero attached hydrogens (tertiary/aromatic N) is 1. The number of urea groups is 1. The summed E-state index contributed by atoms with van der Waals surface area (Å²) in [6.45, 7) is 0. The normalized spacial score (nSPS) is 14.6. The summed E-state index contributed by atoms with van der Waals surface area (Å²) in [6, 6.07) is 7.87. The van der Waals surface area contributed by atoms with Crippen molar-refractivity contribution in [2.45, 2.75) is 51.0 Å². The second kappa shape index (κ2) is 9.50. The largest absolute Gasteiger partial charge is 0.469 e. The van der Waals surface area contributed by atoms with Gasteiger partial charge in [0.2, 0.25) is 0 Å². The zero-order chi connectivity index (χ0) is 19.1. The number of aromatic nitrogens is 1. The van der Waals surface area contributed by atoms with E-state index in [1.165, 1.54) is 26.4 Å². The molecule has 2 N–H and O–H groups in total. The van der Waals surface area contributed by atoms with Crippen LogP contribution in [0.5, 0.6) is 0 Å². The molecule has 7 heteroatoms. The molecule has 6 nitrogen and oxygen atoms in total. The first-order valence-corrected chi connectivity index (χ1v) is 10.1. The fourth-order valence-corrected chi connectivity index (χ4v) is 4.11. The molecule has 1 aliphatic rings. The summed E-state index contributed by atoms with van der Waals surface area (Å²) in [4.78, 5) is 28.8. The zero-order valence-corrected chi connectivity index (χ0v) is 16.3. The number of amides is 2. The number of carbonyl (C=O) groups excluding carboxylic acids is 2. The van der Waals surface area contributed by atoms with Gasteiger partial charge in [0.1, 0.15) is 0 Å². The maximum Gasteiger partial charge on any atom is 0.319 e. The molecule has 2 aromatic rings. The lowest BCUT2D eigenvalue weighted by molar-refractivity contribution is -0.140. The predicted octanol–water partition coefficient (Wildman–Crippen LogP) is 4.37. The van der Waals surface area contributed by atoms with Crippen molar-refractivity contribution in [3.63, 3.8) is 0 Å². The summed E-state index contributed by atoms with van der Waals surface area (Å²) in [7, 11) is 1.39. The van der Waals surface area contributed by atoms with Gasteiger partial charge < -0.3 is 15.4 Å². The minimum atomic E-state index is -0.228. The van der Waals surface area contributed by atoms with E-state index in [0.717, 1.165) is 34.0 Å². The third-order valence-electron chi connectivity index (χ3n) is 4.69. The minimum absolute atomic E-state index is 0.141. The van der Waals surface area contributed by atoms with Crippen molar-refractivity contribution in [1.82, 2.24) is 10.3 Å². The van der Waals surface area contributed by atoms with Crippen LogP contribution in [-0.2, 0) is 16.0 Å². The Kier molecular flexibility index (Phi) is 6.81. The molecule has 0 radical (unpaired) electrons. The van der Waals surface area contributed by atoms with Crippen LogP contribution in [0.2, 0.25) is 0 Å². The van der Waals surface area contributed by atoms with Crippen LogP contribution in [0.4, 0.5) is 10.5 Å². The molecular weight excluding hydrogens is 362 g/mol. The second-order valence-electron chi connectivity index (χ2n) is 6.71. The summed E-state index contributed by atoms with van der Waals surface area (Å²) in [5.41, 5.74) is 1.80. The molecule has 3 rings (SSSR count). The molecular formula is C20H25N3O3S. The van der Waals surface area contributed by atoms with Crippen molar-refractivity contribution >= 4 is 29.0 Å². The third kappa shape index (κ3) is 5.79. The Morgan fingerprint density at radius 1 is 1.19 bits per heavy atom. The Bertz CT molecular complexity index is 767. The van der Waals surface area contributed by atoms with E-state index < -0.39 is 0 Å². The number of hydrogen-bond acceptors (Lipinski definition) is 5. The van der Waals surface area contributed by atoms with Gasteiger partial charge in [0.05, 0.1) is 23.4 Å². The summed E-state index contributed by atoms with van der Waals surface area (Å²) in [6.07, 6.45) is 8.51. The van der Waals surface area contributed by atoms with Gasteiger partial charge in [-0.05, 0) is 30.5 Å². The average Bonchev–Trinajstić information content (AvgIpc) is 3.16. The van der Waals surface area contributed by atoms with Crippen LogP contribution in [-0.4, -0.2) is 30.1 Å². The van der Waals surface area contributed by atoms with Crippen molar-refractivity contribution < 1.29 is 14.3 Å². The summed E-state index contributed by atoms with van der Waals surface area (Å²) < 4.78 is 4.65. The van der Waals surface area contributed by atoms with Crippen LogP contribution >= 0.6 is 11.3 Å². The van der Waals surface area contributed by atoms with E-state index in [2.05, 4.69) is 20.4 Å². The van der Waals surface area contributed by atoms with Gasteiger partial charge >= 0.3 is 12.0 Å². The number of thiazole rings is 1. The molecule has 1 saturated carbocycles. The van der Waals surface area contributed by atoms with Crippen LogP contribution in [0.15, 0.2) is 30.5 Å². The highest BCUT2D eigenvalue weighted by atomic mass is 32.1. The smallest absolute Gasteiger partial charge is 0.319 e. The van der Waals surface area contributed by atoms with Gasteiger partial charge in [0.25, 0.3) is 0 Å². The van der Waals surface area contributed by atoms with E-state index in [9.17, 15) is 9.59 Å². The fourth-order valence-electron chi connectivity index (χ4n) is 3.19. The Labute approximate surface area is 163 Å². The minimum Gasteiger partial charge on any atom is -0.469 e. The summed E-state index contributed by atoms with van der Waals surface area (Å²) in [5.74, 6) is -0.228. The molecule has 1 heterocycles. The van der Waals surface area contributed by atoms with Gasteiger partial charge in [-0.3, -0.25) is 4.79 Å². The lowest BCUT2D eigenvalue weighted by Crippen LogP contribution is -2.38. The first-order valence-electron chi connectivity index (χ1n) is 9.33. The molecule has 1 aliphatic carbocycles. The molecule has 0 atom stereocenters. The molecule has 2 amide bonds. The van der Waals surface area contributed by atoms with E-state index in [-0.39, 0.29) is 12.0 Å². The topological polar surface area (TPSA) is 80.3 Å². The molecule has 0 bridgehead atoms. The van der Waals surface area contributed by atoms with E-state index in [1.54, 1.807) is 11.3 Å². The maximum atomic E-state index is 12.1. The quantitative estimate of drug-likeness (QED) is 0.721. The van der Waals surface area contributed by atoms with Crippen LogP contribution in [0.1, 0.15) is 43.5 Å². The number of benzene rings is 1. The molecule has 0 aliphatic heterocycles. The number of nitrogens with one attached hydrogen (secondary N) is 2. The highest BCUT2D eigenvalue weighted by Crippen LogP contribution is 2.28. The Morgan fingerprint density at radius 3 is 2.63 bits per heavy atom. The van der Waals surface area contributed by atoms with Gasteiger partial charge in [0, 0.05) is 24.3 Å². The summed E-state index contributed by atoms with van der Waals surface area (Å²) in [5, 5.41) is 6.85. The second-order valence-corrected chi connectivity index (χ2v) is 7.82. The first-order chi connectivity index (χ1) is 13.1. The molecule has 1 aromatic heterocycles. The highest BCUT2D eigenvalue weighted by molar-refractivity contribution is 7.15. The molecule has 0 unspecified atom stereocenters. The first kappa shape index (κ1) is 19.4. The molecule has 1 fully saturated rings. The van der Waals surface area contributed by atoms with Crippen molar-refractivity contribution in [2.75, 3.05) is 12.4 Å². The fraction of sp³-hybridized carbons (Fsp3) is 0.450. The summed E-state index contributed by atoms with van der Waals surface area (Å²) >= 11 is 1.56. The average molecular weight is 388 g/mol. The van der Waals surface area contributed by atoms with Gasteiger partial charge in [-0.15, -0.1) is 11.3 Å². The van der Waals surface area contributed by atoms with Crippen molar-refractivity contribution in [3.8, 4) is 10.4 Å². The van der Waals surface area contributed by atoms with Crippen molar-refractivity contribution in [3.05, 3.63) is 35.5 Å². The van der Waals surface area contributed by atoms with Crippen LogP contribution in [0.25, 0.3) is 10.4 Å². The van der Waals surface area contributed by atoms with E-state index in [4.69, 9.17) is 0 Å². The van der Waals surface area contributed by atoms with E-state index in [1.807, 2.05) is 30.5 Å². The molecule has 144 valence electrons. The number of hydrogen-bond donors (Lipinski definition) is 2. The number of anilines is 1. The van der Waals surface area contributed by atoms with Gasteiger partial charge in [-0.1, -0.05) is 31.4 Å². The predicted molar refractivity (Wildman–Crippen MR) is 107 cm³/mol. The van der Waals surface area contributed by atoms with Crippen LogP contribution in [0.3, 0.4) is 0 Å². The molecule has 1 aromatic carbocycles. The molecule has 0 saturated heterocycles. The van der Waals surface area contributed by atoms with Crippen LogP contribution < -0.4 is 10.6 Å². The van der Waals surface area contributed by atoms with Crippen molar-refractivity contribution in [1.29, 1.82) is 0 Å². The van der Waals surface area contributed by atoms with Crippen molar-refractivity contribution in [2.24, 2.45) is 0 Å². The SMILES string of the molecule is COC(=O)CCc1ncc(-c2ccc(NC(=O)NC3CCCCC3)cc2)s1. The number of rotatable bonds is 6. The number of methoxy groups -OCH3 is 1. The number of esters is 1. The Hall–Kier alpha value is -2.41.